The molecule has 2 rings (SSSR count). The third-order valence-electron chi connectivity index (χ3n) is 2.81. The molecule has 2 aromatic rings. The molecule has 0 amide bonds. The predicted octanol–water partition coefficient (Wildman–Crippen LogP) is 3.82. The second-order valence-corrected chi connectivity index (χ2v) is 5.22. The van der Waals surface area contributed by atoms with Gasteiger partial charge in [0.05, 0.1) is 16.8 Å². The fourth-order valence-electron chi connectivity index (χ4n) is 1.71. The number of hydrogen-bond acceptors (Lipinski definition) is 5. The van der Waals surface area contributed by atoms with E-state index < -0.39 is 10.7 Å². The molecular weight excluding hydrogens is 338 g/mol. The van der Waals surface area contributed by atoms with Crippen LogP contribution in [0.5, 0.6) is 5.75 Å². The van der Waals surface area contributed by atoms with Crippen molar-refractivity contribution in [1.82, 2.24) is 0 Å². The SMILES string of the molecule is Cc1ccccc1N/N=C/c1cc(Br)cc([N+](=O)[O-])c1O. The number of phenolic OH excluding ortho intramolecular Hbond substituents is 1. The molecule has 0 radical (unpaired) electrons. The van der Waals surface area contributed by atoms with Crippen LogP contribution in [0.15, 0.2) is 46.0 Å². The van der Waals surface area contributed by atoms with Gasteiger partial charge in [-0.05, 0) is 24.6 Å². The van der Waals surface area contributed by atoms with Gasteiger partial charge in [-0.3, -0.25) is 15.5 Å². The second-order valence-electron chi connectivity index (χ2n) is 4.30. The number of para-hydroxylation sites is 1. The summed E-state index contributed by atoms with van der Waals surface area (Å²) in [6.45, 7) is 1.93. The molecule has 2 aromatic carbocycles. The summed E-state index contributed by atoms with van der Waals surface area (Å²) >= 11 is 3.17. The van der Waals surface area contributed by atoms with Gasteiger partial charge in [0.15, 0.2) is 0 Å². The van der Waals surface area contributed by atoms with Crippen molar-refractivity contribution in [2.24, 2.45) is 5.10 Å². The zero-order chi connectivity index (χ0) is 15.4. The van der Waals surface area contributed by atoms with Gasteiger partial charge in [0.25, 0.3) is 0 Å². The Bertz CT molecular complexity index is 717. The Morgan fingerprint density at radius 3 is 2.76 bits per heavy atom. The largest absolute Gasteiger partial charge is 0.502 e. The first-order valence-electron chi connectivity index (χ1n) is 6.00. The van der Waals surface area contributed by atoms with Gasteiger partial charge in [-0.2, -0.15) is 5.10 Å². The number of hydrogen-bond donors (Lipinski definition) is 2. The van der Waals surface area contributed by atoms with Gasteiger partial charge in [0, 0.05) is 16.1 Å². The van der Waals surface area contributed by atoms with E-state index >= 15 is 0 Å². The molecule has 108 valence electrons. The lowest BCUT2D eigenvalue weighted by atomic mass is 10.2. The van der Waals surface area contributed by atoms with Crippen LogP contribution in [-0.4, -0.2) is 16.2 Å². The lowest BCUT2D eigenvalue weighted by Gasteiger charge is -2.04. The molecule has 0 aromatic heterocycles. The summed E-state index contributed by atoms with van der Waals surface area (Å²) in [5.41, 5.74) is 4.53. The Kier molecular flexibility index (Phi) is 4.54. The number of anilines is 1. The smallest absolute Gasteiger partial charge is 0.312 e. The summed E-state index contributed by atoms with van der Waals surface area (Å²) < 4.78 is 0.490. The van der Waals surface area contributed by atoms with Gasteiger partial charge in [-0.25, -0.2) is 0 Å². The van der Waals surface area contributed by atoms with Crippen LogP contribution < -0.4 is 5.43 Å². The quantitative estimate of drug-likeness (QED) is 0.499. The fraction of sp³-hybridized carbons (Fsp3) is 0.0714. The van der Waals surface area contributed by atoms with Gasteiger partial charge in [-0.15, -0.1) is 0 Å². The van der Waals surface area contributed by atoms with Crippen LogP contribution in [0.1, 0.15) is 11.1 Å². The number of phenols is 1. The first-order valence-corrected chi connectivity index (χ1v) is 6.80. The maximum atomic E-state index is 10.8. The van der Waals surface area contributed by atoms with Crippen molar-refractivity contribution in [3.05, 3.63) is 62.1 Å². The Balaban J connectivity index is 2.26. The van der Waals surface area contributed by atoms with E-state index in [9.17, 15) is 15.2 Å². The van der Waals surface area contributed by atoms with Crippen molar-refractivity contribution in [1.29, 1.82) is 0 Å². The third kappa shape index (κ3) is 3.57. The summed E-state index contributed by atoms with van der Waals surface area (Å²) in [6.07, 6.45) is 1.33. The van der Waals surface area contributed by atoms with E-state index in [1.54, 1.807) is 6.07 Å². The maximum absolute atomic E-state index is 10.8. The molecule has 0 saturated carbocycles. The van der Waals surface area contributed by atoms with Crippen LogP contribution in [0.4, 0.5) is 11.4 Å². The topological polar surface area (TPSA) is 87.8 Å². The standard InChI is InChI=1S/C14H12BrN3O3/c1-9-4-2-3-5-12(9)17-16-8-10-6-11(15)7-13(14(10)19)18(20)21/h2-8,17,19H,1H3/b16-8+. The minimum atomic E-state index is -0.647. The number of nitro groups is 1. The summed E-state index contributed by atoms with van der Waals surface area (Å²) in [7, 11) is 0. The van der Waals surface area contributed by atoms with Gasteiger partial charge in [-0.1, -0.05) is 34.1 Å². The zero-order valence-corrected chi connectivity index (χ0v) is 12.7. The Morgan fingerprint density at radius 2 is 2.10 bits per heavy atom. The number of halogens is 1. The van der Waals surface area contributed by atoms with Crippen molar-refractivity contribution in [3.8, 4) is 5.75 Å². The lowest BCUT2D eigenvalue weighted by Crippen LogP contribution is -1.95. The molecule has 0 unspecified atom stereocenters. The molecule has 21 heavy (non-hydrogen) atoms. The molecule has 2 N–H and O–H groups in total. The van der Waals surface area contributed by atoms with E-state index in [2.05, 4.69) is 26.5 Å². The highest BCUT2D eigenvalue weighted by atomic mass is 79.9. The van der Waals surface area contributed by atoms with E-state index in [0.29, 0.717) is 4.47 Å². The first-order chi connectivity index (χ1) is 9.99. The monoisotopic (exact) mass is 349 g/mol. The van der Waals surface area contributed by atoms with Crippen molar-refractivity contribution < 1.29 is 10.0 Å². The molecule has 0 saturated heterocycles. The highest BCUT2D eigenvalue weighted by Crippen LogP contribution is 2.32. The zero-order valence-electron chi connectivity index (χ0n) is 11.1. The third-order valence-corrected chi connectivity index (χ3v) is 3.27. The predicted molar refractivity (Wildman–Crippen MR) is 84.9 cm³/mol. The molecule has 0 bridgehead atoms. The maximum Gasteiger partial charge on any atom is 0.312 e. The van der Waals surface area contributed by atoms with E-state index in [1.165, 1.54) is 12.3 Å². The minimum absolute atomic E-state index is 0.247. The summed E-state index contributed by atoms with van der Waals surface area (Å²) in [5.74, 6) is -0.418. The second kappa shape index (κ2) is 6.36. The molecule has 0 fully saturated rings. The van der Waals surface area contributed by atoms with Crippen LogP contribution in [0.3, 0.4) is 0 Å². The van der Waals surface area contributed by atoms with Crippen LogP contribution >= 0.6 is 15.9 Å². The van der Waals surface area contributed by atoms with Gasteiger partial charge < -0.3 is 5.11 Å². The van der Waals surface area contributed by atoms with Crippen LogP contribution in [-0.2, 0) is 0 Å². The molecule has 0 heterocycles. The summed E-state index contributed by atoms with van der Waals surface area (Å²) in [5, 5.41) is 24.7. The number of benzene rings is 2. The van der Waals surface area contributed by atoms with Crippen molar-refractivity contribution in [3.63, 3.8) is 0 Å². The molecular formula is C14H12BrN3O3. The molecule has 0 aliphatic heterocycles. The van der Waals surface area contributed by atoms with E-state index in [-0.39, 0.29) is 11.3 Å². The normalized spacial score (nSPS) is 10.8. The first kappa shape index (κ1) is 15.0. The molecule has 0 aliphatic carbocycles. The molecule has 0 aliphatic rings. The van der Waals surface area contributed by atoms with Crippen molar-refractivity contribution >= 4 is 33.5 Å². The Labute approximate surface area is 129 Å². The highest BCUT2D eigenvalue weighted by molar-refractivity contribution is 9.10. The van der Waals surface area contributed by atoms with Gasteiger partial charge in [0.2, 0.25) is 5.75 Å². The average molecular weight is 350 g/mol. The Morgan fingerprint density at radius 1 is 1.38 bits per heavy atom. The highest BCUT2D eigenvalue weighted by Gasteiger charge is 2.17. The summed E-state index contributed by atoms with van der Waals surface area (Å²) in [4.78, 5) is 10.2. The van der Waals surface area contributed by atoms with E-state index in [4.69, 9.17) is 0 Å². The minimum Gasteiger partial charge on any atom is -0.502 e. The Hall–Kier alpha value is -2.41. The van der Waals surface area contributed by atoms with Crippen LogP contribution in [0.2, 0.25) is 0 Å². The van der Waals surface area contributed by atoms with Crippen molar-refractivity contribution in [2.45, 2.75) is 6.92 Å². The fourth-order valence-corrected chi connectivity index (χ4v) is 2.18. The number of aryl methyl sites for hydroxylation is 1. The average Bonchev–Trinajstić information content (AvgIpc) is 2.44. The molecule has 0 spiro atoms. The number of nitrogens with one attached hydrogen (secondary N) is 1. The number of nitrogens with zero attached hydrogens (tertiary/aromatic N) is 2. The van der Waals surface area contributed by atoms with E-state index in [0.717, 1.165) is 11.3 Å². The number of aromatic hydroxyl groups is 1. The molecule has 6 nitrogen and oxygen atoms in total. The van der Waals surface area contributed by atoms with Crippen molar-refractivity contribution in [2.75, 3.05) is 5.43 Å². The number of rotatable bonds is 4. The summed E-state index contributed by atoms with van der Waals surface area (Å²) in [6, 6.07) is 10.3. The number of nitro benzene ring substituents is 1. The van der Waals surface area contributed by atoms with Gasteiger partial charge in [0.1, 0.15) is 0 Å². The lowest BCUT2D eigenvalue weighted by molar-refractivity contribution is -0.385. The van der Waals surface area contributed by atoms with Crippen LogP contribution in [0, 0.1) is 17.0 Å². The van der Waals surface area contributed by atoms with Crippen LogP contribution in [0.25, 0.3) is 0 Å². The molecule has 7 heteroatoms. The number of hydrazone groups is 1. The molecule has 0 atom stereocenters. The van der Waals surface area contributed by atoms with E-state index in [1.807, 2.05) is 31.2 Å². The van der Waals surface area contributed by atoms with Gasteiger partial charge >= 0.3 is 5.69 Å².